The zero-order valence-corrected chi connectivity index (χ0v) is 12.4. The van der Waals surface area contributed by atoms with E-state index >= 15 is 0 Å². The van der Waals surface area contributed by atoms with Crippen LogP contribution in [0.5, 0.6) is 0 Å². The third kappa shape index (κ3) is 3.17. The fourth-order valence-electron chi connectivity index (χ4n) is 3.08. The number of carbonyl (C=O) groups excluding carboxylic acids is 1. The Bertz CT molecular complexity index is 662. The van der Waals surface area contributed by atoms with Crippen LogP contribution in [0.1, 0.15) is 47.7 Å². The second-order valence-electron chi connectivity index (χ2n) is 5.91. The van der Waals surface area contributed by atoms with Gasteiger partial charge in [-0.2, -0.15) is 0 Å². The minimum absolute atomic E-state index is 0.192. The highest BCUT2D eigenvalue weighted by molar-refractivity contribution is 5.91. The van der Waals surface area contributed by atoms with Gasteiger partial charge in [0.25, 0.3) is 5.91 Å². The van der Waals surface area contributed by atoms with Crippen molar-refractivity contribution in [2.24, 2.45) is 5.73 Å². The number of hydrogen-bond acceptors (Lipinski definition) is 3. The number of carbonyl (C=O) groups is 1. The molecule has 1 amide bonds. The van der Waals surface area contributed by atoms with Crippen LogP contribution in [0, 0.1) is 0 Å². The lowest BCUT2D eigenvalue weighted by Crippen LogP contribution is -2.19. The number of rotatable bonds is 3. The molecule has 0 aliphatic heterocycles. The molecular weight excluding hydrogens is 276 g/mol. The van der Waals surface area contributed by atoms with Gasteiger partial charge in [-0.05, 0) is 49.3 Å². The summed E-state index contributed by atoms with van der Waals surface area (Å²) in [6, 6.07) is 13.6. The normalized spacial score (nSPS) is 21.5. The number of pyridine rings is 1. The Labute approximate surface area is 130 Å². The standard InChI is InChI=1S/C18H20N2O2/c19-18(22)17-11-14(12-6-8-15(21)9-7-12)10-16(20-17)13-4-2-1-3-5-13/h1-5,10-12,15,21H,6-9H2,(H2,19,22). The molecule has 1 aromatic carbocycles. The summed E-state index contributed by atoms with van der Waals surface area (Å²) in [5.74, 6) is -0.151. The topological polar surface area (TPSA) is 76.2 Å². The van der Waals surface area contributed by atoms with Crippen LogP contribution in [0.3, 0.4) is 0 Å². The number of primary amides is 1. The van der Waals surface area contributed by atoms with Gasteiger partial charge in [0.05, 0.1) is 11.8 Å². The van der Waals surface area contributed by atoms with Crippen LogP contribution in [0.25, 0.3) is 11.3 Å². The van der Waals surface area contributed by atoms with Gasteiger partial charge in [0, 0.05) is 5.56 Å². The average Bonchev–Trinajstić information content (AvgIpc) is 2.56. The molecule has 0 spiro atoms. The molecule has 2 aromatic rings. The summed E-state index contributed by atoms with van der Waals surface area (Å²) in [5.41, 5.74) is 8.59. The SMILES string of the molecule is NC(=O)c1cc(C2CCC(O)CC2)cc(-c2ccccc2)n1. The molecule has 0 saturated heterocycles. The van der Waals surface area contributed by atoms with Crippen LogP contribution in [-0.4, -0.2) is 22.1 Å². The third-order valence-corrected chi connectivity index (χ3v) is 4.34. The molecule has 1 fully saturated rings. The Morgan fingerprint density at radius 1 is 1.09 bits per heavy atom. The summed E-state index contributed by atoms with van der Waals surface area (Å²) in [6.07, 6.45) is 3.27. The van der Waals surface area contributed by atoms with Gasteiger partial charge >= 0.3 is 0 Å². The highest BCUT2D eigenvalue weighted by Gasteiger charge is 2.22. The van der Waals surface area contributed by atoms with Crippen molar-refractivity contribution in [2.75, 3.05) is 0 Å². The van der Waals surface area contributed by atoms with E-state index in [9.17, 15) is 9.90 Å². The minimum atomic E-state index is -0.505. The molecule has 3 rings (SSSR count). The van der Waals surface area contributed by atoms with E-state index in [1.807, 2.05) is 36.4 Å². The predicted molar refractivity (Wildman–Crippen MR) is 85.4 cm³/mol. The lowest BCUT2D eigenvalue weighted by Gasteiger charge is -2.26. The molecule has 0 radical (unpaired) electrons. The molecule has 114 valence electrons. The molecule has 0 unspecified atom stereocenters. The first-order valence-corrected chi connectivity index (χ1v) is 7.69. The smallest absolute Gasteiger partial charge is 0.267 e. The van der Waals surface area contributed by atoms with Crippen molar-refractivity contribution >= 4 is 5.91 Å². The minimum Gasteiger partial charge on any atom is -0.393 e. The highest BCUT2D eigenvalue weighted by atomic mass is 16.3. The van der Waals surface area contributed by atoms with Crippen LogP contribution < -0.4 is 5.73 Å². The Morgan fingerprint density at radius 3 is 2.41 bits per heavy atom. The van der Waals surface area contributed by atoms with Crippen molar-refractivity contribution in [1.29, 1.82) is 0 Å². The van der Waals surface area contributed by atoms with Crippen molar-refractivity contribution in [3.8, 4) is 11.3 Å². The van der Waals surface area contributed by atoms with E-state index in [0.717, 1.165) is 42.5 Å². The largest absolute Gasteiger partial charge is 0.393 e. The van der Waals surface area contributed by atoms with Gasteiger partial charge in [0.2, 0.25) is 0 Å². The maximum atomic E-state index is 11.6. The van der Waals surface area contributed by atoms with Crippen LogP contribution >= 0.6 is 0 Å². The van der Waals surface area contributed by atoms with Crippen LogP contribution in [0.4, 0.5) is 0 Å². The van der Waals surface area contributed by atoms with Crippen LogP contribution in [-0.2, 0) is 0 Å². The molecule has 0 atom stereocenters. The van der Waals surface area contributed by atoms with Gasteiger partial charge in [-0.25, -0.2) is 4.98 Å². The van der Waals surface area contributed by atoms with Crippen molar-refractivity contribution in [2.45, 2.75) is 37.7 Å². The summed E-state index contributed by atoms with van der Waals surface area (Å²) < 4.78 is 0. The zero-order valence-electron chi connectivity index (χ0n) is 12.4. The first-order chi connectivity index (χ1) is 10.6. The fraction of sp³-hybridized carbons (Fsp3) is 0.333. The summed E-state index contributed by atoms with van der Waals surface area (Å²) in [4.78, 5) is 16.0. The number of hydrogen-bond donors (Lipinski definition) is 2. The van der Waals surface area contributed by atoms with Gasteiger partial charge in [-0.1, -0.05) is 30.3 Å². The Morgan fingerprint density at radius 2 is 1.77 bits per heavy atom. The van der Waals surface area contributed by atoms with Crippen molar-refractivity contribution in [1.82, 2.24) is 4.98 Å². The monoisotopic (exact) mass is 296 g/mol. The number of amides is 1. The number of benzene rings is 1. The molecule has 3 N–H and O–H groups in total. The molecule has 1 aromatic heterocycles. The maximum absolute atomic E-state index is 11.6. The summed E-state index contributed by atoms with van der Waals surface area (Å²) >= 11 is 0. The van der Waals surface area contributed by atoms with E-state index in [0.29, 0.717) is 11.6 Å². The molecule has 0 bridgehead atoms. The van der Waals surface area contributed by atoms with Crippen molar-refractivity contribution < 1.29 is 9.90 Å². The van der Waals surface area contributed by atoms with E-state index in [4.69, 9.17) is 5.73 Å². The molecular formula is C18H20N2O2. The Hall–Kier alpha value is -2.20. The van der Waals surface area contributed by atoms with Crippen molar-refractivity contribution in [3.63, 3.8) is 0 Å². The van der Waals surface area contributed by atoms with Gasteiger partial charge in [0.1, 0.15) is 5.69 Å². The quantitative estimate of drug-likeness (QED) is 0.914. The number of aromatic nitrogens is 1. The maximum Gasteiger partial charge on any atom is 0.267 e. The summed E-state index contributed by atoms with van der Waals surface area (Å²) in [5, 5.41) is 9.66. The fourth-order valence-corrected chi connectivity index (χ4v) is 3.08. The average molecular weight is 296 g/mol. The number of nitrogens with two attached hydrogens (primary N) is 1. The number of aliphatic hydroxyl groups is 1. The molecule has 1 aliphatic carbocycles. The molecule has 4 nitrogen and oxygen atoms in total. The van der Waals surface area contributed by atoms with E-state index in [1.54, 1.807) is 6.07 Å². The van der Waals surface area contributed by atoms with Gasteiger partial charge in [-0.3, -0.25) is 4.79 Å². The van der Waals surface area contributed by atoms with Crippen LogP contribution in [0.15, 0.2) is 42.5 Å². The molecule has 22 heavy (non-hydrogen) atoms. The molecule has 1 heterocycles. The van der Waals surface area contributed by atoms with Gasteiger partial charge in [0.15, 0.2) is 0 Å². The lowest BCUT2D eigenvalue weighted by atomic mass is 9.82. The van der Waals surface area contributed by atoms with Crippen molar-refractivity contribution in [3.05, 3.63) is 53.7 Å². The highest BCUT2D eigenvalue weighted by Crippen LogP contribution is 2.34. The van der Waals surface area contributed by atoms with Gasteiger partial charge < -0.3 is 10.8 Å². The van der Waals surface area contributed by atoms with Crippen LogP contribution in [0.2, 0.25) is 0 Å². The third-order valence-electron chi connectivity index (χ3n) is 4.34. The molecule has 1 aliphatic rings. The summed E-state index contributed by atoms with van der Waals surface area (Å²) in [6.45, 7) is 0. The number of aliphatic hydroxyl groups excluding tert-OH is 1. The Balaban J connectivity index is 1.99. The van der Waals surface area contributed by atoms with E-state index in [2.05, 4.69) is 4.98 Å². The van der Waals surface area contributed by atoms with E-state index in [-0.39, 0.29) is 6.10 Å². The molecule has 4 heteroatoms. The predicted octanol–water partition coefficient (Wildman–Crippen LogP) is 2.87. The second-order valence-corrected chi connectivity index (χ2v) is 5.91. The Kier molecular flexibility index (Phi) is 4.20. The zero-order chi connectivity index (χ0) is 15.5. The first kappa shape index (κ1) is 14.7. The first-order valence-electron chi connectivity index (χ1n) is 7.69. The lowest BCUT2D eigenvalue weighted by molar-refractivity contribution is 0.0995. The van der Waals surface area contributed by atoms with E-state index in [1.165, 1.54) is 0 Å². The number of nitrogens with zero attached hydrogens (tertiary/aromatic N) is 1. The second kappa shape index (κ2) is 6.28. The summed E-state index contributed by atoms with van der Waals surface area (Å²) in [7, 11) is 0. The van der Waals surface area contributed by atoms with Gasteiger partial charge in [-0.15, -0.1) is 0 Å². The van der Waals surface area contributed by atoms with E-state index < -0.39 is 5.91 Å². The molecule has 1 saturated carbocycles.